The lowest BCUT2D eigenvalue weighted by molar-refractivity contribution is 0.467. The van der Waals surface area contributed by atoms with Crippen LogP contribution < -0.4 is 11.1 Å². The Bertz CT molecular complexity index is 281. The van der Waals surface area contributed by atoms with Gasteiger partial charge in [0.05, 0.1) is 0 Å². The van der Waals surface area contributed by atoms with Crippen LogP contribution in [-0.2, 0) is 6.54 Å². The maximum Gasteiger partial charge on any atom is 0.0217 e. The molecule has 15 heavy (non-hydrogen) atoms. The molecule has 1 atom stereocenters. The van der Waals surface area contributed by atoms with Crippen molar-refractivity contribution in [1.82, 2.24) is 5.32 Å². The fraction of sp³-hybridized carbons (Fsp3) is 0.667. The predicted octanol–water partition coefficient (Wildman–Crippen LogP) is 2.52. The van der Waals surface area contributed by atoms with Crippen LogP contribution in [0.1, 0.15) is 31.4 Å². The van der Waals surface area contributed by atoms with Crippen LogP contribution in [0.4, 0.5) is 0 Å². The SMILES string of the molecule is Cc1cscc1CNCC(N)CC(C)C. The number of hydrogen-bond acceptors (Lipinski definition) is 3. The van der Waals surface area contributed by atoms with E-state index in [4.69, 9.17) is 5.73 Å². The molecule has 0 bridgehead atoms. The Labute approximate surface area is 96.9 Å². The van der Waals surface area contributed by atoms with Gasteiger partial charge in [-0.3, -0.25) is 0 Å². The summed E-state index contributed by atoms with van der Waals surface area (Å²) in [4.78, 5) is 0. The number of nitrogens with one attached hydrogen (secondary N) is 1. The average Bonchev–Trinajstić information content (AvgIpc) is 2.50. The molecule has 0 amide bonds. The van der Waals surface area contributed by atoms with Crippen LogP contribution in [-0.4, -0.2) is 12.6 Å². The van der Waals surface area contributed by atoms with E-state index in [1.54, 1.807) is 11.3 Å². The standard InChI is InChI=1S/C12H22N2S/c1-9(2)4-12(13)6-14-5-11-8-15-7-10(11)3/h7-9,12,14H,4-6,13H2,1-3H3. The second kappa shape index (κ2) is 6.26. The van der Waals surface area contributed by atoms with Crippen LogP contribution in [0.5, 0.6) is 0 Å². The first-order valence-electron chi connectivity index (χ1n) is 5.57. The summed E-state index contributed by atoms with van der Waals surface area (Å²) in [5, 5.41) is 7.81. The molecule has 86 valence electrons. The highest BCUT2D eigenvalue weighted by Gasteiger charge is 2.05. The molecule has 0 aromatic carbocycles. The van der Waals surface area contributed by atoms with Gasteiger partial charge >= 0.3 is 0 Å². The largest absolute Gasteiger partial charge is 0.327 e. The van der Waals surface area contributed by atoms with Crippen molar-refractivity contribution in [2.45, 2.75) is 39.8 Å². The first-order valence-corrected chi connectivity index (χ1v) is 6.52. The number of rotatable bonds is 6. The minimum absolute atomic E-state index is 0.281. The zero-order chi connectivity index (χ0) is 11.3. The van der Waals surface area contributed by atoms with Gasteiger partial charge in [-0.1, -0.05) is 13.8 Å². The summed E-state index contributed by atoms with van der Waals surface area (Å²) in [6.07, 6.45) is 1.09. The highest BCUT2D eigenvalue weighted by molar-refractivity contribution is 7.08. The summed E-state index contributed by atoms with van der Waals surface area (Å²) in [7, 11) is 0. The van der Waals surface area contributed by atoms with Gasteiger partial charge in [0, 0.05) is 19.1 Å². The predicted molar refractivity (Wildman–Crippen MR) is 68.2 cm³/mol. The third-order valence-corrected chi connectivity index (χ3v) is 3.37. The number of aryl methyl sites for hydroxylation is 1. The minimum atomic E-state index is 0.281. The topological polar surface area (TPSA) is 38.0 Å². The molecule has 3 heteroatoms. The second-order valence-corrected chi connectivity index (χ2v) is 5.34. The quantitative estimate of drug-likeness (QED) is 0.782. The molecule has 0 saturated heterocycles. The molecule has 0 fully saturated rings. The highest BCUT2D eigenvalue weighted by atomic mass is 32.1. The normalized spacial score (nSPS) is 13.4. The van der Waals surface area contributed by atoms with Crippen molar-refractivity contribution in [2.75, 3.05) is 6.54 Å². The van der Waals surface area contributed by atoms with Gasteiger partial charge in [0.2, 0.25) is 0 Å². The van der Waals surface area contributed by atoms with Gasteiger partial charge in [0.1, 0.15) is 0 Å². The van der Waals surface area contributed by atoms with E-state index in [0.717, 1.165) is 19.5 Å². The van der Waals surface area contributed by atoms with Crippen molar-refractivity contribution in [1.29, 1.82) is 0 Å². The minimum Gasteiger partial charge on any atom is -0.327 e. The number of nitrogens with two attached hydrogens (primary N) is 1. The molecule has 3 N–H and O–H groups in total. The molecule has 0 spiro atoms. The maximum absolute atomic E-state index is 5.99. The zero-order valence-corrected chi connectivity index (χ0v) is 10.7. The molecular formula is C12H22N2S. The van der Waals surface area contributed by atoms with Crippen molar-refractivity contribution in [3.63, 3.8) is 0 Å². The van der Waals surface area contributed by atoms with Gasteiger partial charge in [0.15, 0.2) is 0 Å². The Hall–Kier alpha value is -0.380. The lowest BCUT2D eigenvalue weighted by Gasteiger charge is -2.14. The third kappa shape index (κ3) is 4.78. The van der Waals surface area contributed by atoms with Crippen LogP contribution in [0.2, 0.25) is 0 Å². The molecule has 1 heterocycles. The smallest absolute Gasteiger partial charge is 0.0217 e. The molecule has 2 nitrogen and oxygen atoms in total. The summed E-state index contributed by atoms with van der Waals surface area (Å²) in [6.45, 7) is 8.43. The van der Waals surface area contributed by atoms with Gasteiger partial charge in [-0.25, -0.2) is 0 Å². The van der Waals surface area contributed by atoms with Crippen LogP contribution in [0.3, 0.4) is 0 Å². The van der Waals surface area contributed by atoms with Crippen molar-refractivity contribution < 1.29 is 0 Å². The van der Waals surface area contributed by atoms with Gasteiger partial charge in [-0.2, -0.15) is 11.3 Å². The average molecular weight is 226 g/mol. The van der Waals surface area contributed by atoms with E-state index in [0.29, 0.717) is 5.92 Å². The van der Waals surface area contributed by atoms with Gasteiger partial charge in [-0.05, 0) is 41.1 Å². The number of thiophene rings is 1. The lowest BCUT2D eigenvalue weighted by Crippen LogP contribution is -2.34. The fourth-order valence-corrected chi connectivity index (χ4v) is 2.51. The Morgan fingerprint density at radius 1 is 1.40 bits per heavy atom. The van der Waals surface area contributed by atoms with Crippen LogP contribution >= 0.6 is 11.3 Å². The van der Waals surface area contributed by atoms with Crippen LogP contribution in [0.25, 0.3) is 0 Å². The molecule has 0 radical (unpaired) electrons. The zero-order valence-electron chi connectivity index (χ0n) is 9.92. The monoisotopic (exact) mass is 226 g/mol. The summed E-state index contributed by atoms with van der Waals surface area (Å²) < 4.78 is 0. The molecule has 0 aliphatic heterocycles. The molecule has 0 aliphatic carbocycles. The van der Waals surface area contributed by atoms with Crippen molar-refractivity contribution in [3.05, 3.63) is 21.9 Å². The Balaban J connectivity index is 2.19. The Morgan fingerprint density at radius 3 is 2.67 bits per heavy atom. The molecular weight excluding hydrogens is 204 g/mol. The van der Waals surface area contributed by atoms with E-state index in [1.807, 2.05) is 0 Å². The van der Waals surface area contributed by atoms with E-state index >= 15 is 0 Å². The van der Waals surface area contributed by atoms with Gasteiger partial charge in [-0.15, -0.1) is 0 Å². The molecule has 1 aromatic heterocycles. The fourth-order valence-electron chi connectivity index (χ4n) is 1.65. The van der Waals surface area contributed by atoms with Crippen LogP contribution in [0, 0.1) is 12.8 Å². The molecule has 1 rings (SSSR count). The van der Waals surface area contributed by atoms with E-state index in [9.17, 15) is 0 Å². The van der Waals surface area contributed by atoms with Gasteiger partial charge in [0.25, 0.3) is 0 Å². The summed E-state index contributed by atoms with van der Waals surface area (Å²) in [5.41, 5.74) is 8.77. The summed E-state index contributed by atoms with van der Waals surface area (Å²) in [5.74, 6) is 0.685. The Morgan fingerprint density at radius 2 is 2.13 bits per heavy atom. The first-order chi connectivity index (χ1) is 7.09. The van der Waals surface area contributed by atoms with Gasteiger partial charge < -0.3 is 11.1 Å². The first kappa shape index (κ1) is 12.7. The number of hydrogen-bond donors (Lipinski definition) is 2. The molecule has 0 saturated carbocycles. The van der Waals surface area contributed by atoms with E-state index in [2.05, 4.69) is 36.8 Å². The third-order valence-electron chi connectivity index (χ3n) is 2.46. The van der Waals surface area contributed by atoms with E-state index in [1.165, 1.54) is 11.1 Å². The summed E-state index contributed by atoms with van der Waals surface area (Å²) in [6, 6.07) is 0.281. The van der Waals surface area contributed by atoms with Crippen molar-refractivity contribution >= 4 is 11.3 Å². The summed E-state index contributed by atoms with van der Waals surface area (Å²) >= 11 is 1.76. The van der Waals surface area contributed by atoms with E-state index in [-0.39, 0.29) is 6.04 Å². The molecule has 1 aromatic rings. The maximum atomic E-state index is 5.99. The van der Waals surface area contributed by atoms with E-state index < -0.39 is 0 Å². The highest BCUT2D eigenvalue weighted by Crippen LogP contribution is 2.13. The molecule has 0 aliphatic rings. The van der Waals surface area contributed by atoms with Crippen molar-refractivity contribution in [3.8, 4) is 0 Å². The lowest BCUT2D eigenvalue weighted by atomic mass is 10.0. The molecule has 1 unspecified atom stereocenters. The van der Waals surface area contributed by atoms with Crippen molar-refractivity contribution in [2.24, 2.45) is 11.7 Å². The second-order valence-electron chi connectivity index (χ2n) is 4.60. The van der Waals surface area contributed by atoms with Crippen LogP contribution in [0.15, 0.2) is 10.8 Å². The Kier molecular flexibility index (Phi) is 5.29.